The zero-order chi connectivity index (χ0) is 14.5. The van der Waals surface area contributed by atoms with Crippen molar-refractivity contribution in [2.75, 3.05) is 31.6 Å². The number of hydrogen-bond acceptors (Lipinski definition) is 5. The van der Waals surface area contributed by atoms with Crippen LogP contribution in [-0.4, -0.2) is 47.3 Å². The quantitative estimate of drug-likeness (QED) is 0.891. The maximum Gasteiger partial charge on any atom is 0.183 e. The first-order chi connectivity index (χ1) is 10.3. The molecule has 3 rings (SSSR count). The average molecular weight is 303 g/mol. The standard InChI is InChI=1S/C16H21N3OS/c20-10-9-19-8-4-7-14(12-19)18-16-17-11-15(21-16)13-5-2-1-3-6-13/h1-3,5-6,11,14,20H,4,7-10,12H2,(H,17,18)/t14-/m1/s1. The summed E-state index contributed by atoms with van der Waals surface area (Å²) in [5.74, 6) is 0. The Morgan fingerprint density at radius 2 is 2.19 bits per heavy atom. The molecule has 1 aliphatic heterocycles. The summed E-state index contributed by atoms with van der Waals surface area (Å²) in [6.07, 6.45) is 4.29. The molecule has 2 heterocycles. The molecule has 1 atom stereocenters. The Morgan fingerprint density at radius 3 is 3.00 bits per heavy atom. The number of anilines is 1. The van der Waals surface area contributed by atoms with E-state index in [4.69, 9.17) is 5.11 Å². The van der Waals surface area contributed by atoms with Crippen molar-refractivity contribution in [2.24, 2.45) is 0 Å². The summed E-state index contributed by atoms with van der Waals surface area (Å²) in [4.78, 5) is 8.01. The van der Waals surface area contributed by atoms with E-state index < -0.39 is 0 Å². The normalized spacial score (nSPS) is 19.6. The minimum Gasteiger partial charge on any atom is -0.395 e. The van der Waals surface area contributed by atoms with Gasteiger partial charge in [-0.2, -0.15) is 0 Å². The molecule has 0 bridgehead atoms. The third kappa shape index (κ3) is 3.81. The van der Waals surface area contributed by atoms with Crippen LogP contribution in [0.2, 0.25) is 0 Å². The molecule has 2 aromatic rings. The van der Waals surface area contributed by atoms with Crippen LogP contribution in [0.3, 0.4) is 0 Å². The Kier molecular flexibility index (Phi) is 4.85. The van der Waals surface area contributed by atoms with Crippen molar-refractivity contribution in [3.8, 4) is 10.4 Å². The van der Waals surface area contributed by atoms with Gasteiger partial charge in [0.25, 0.3) is 0 Å². The SMILES string of the molecule is OCCN1CCC[C@@H](Nc2ncc(-c3ccccc3)s2)C1. The zero-order valence-corrected chi connectivity index (χ0v) is 12.9. The second kappa shape index (κ2) is 7.02. The van der Waals surface area contributed by atoms with Gasteiger partial charge in [-0.15, -0.1) is 0 Å². The number of likely N-dealkylation sites (tertiary alicyclic amines) is 1. The van der Waals surface area contributed by atoms with Gasteiger partial charge in [0.2, 0.25) is 0 Å². The third-order valence-corrected chi connectivity index (χ3v) is 4.79. The second-order valence-corrected chi connectivity index (χ2v) is 6.43. The Labute approximate surface area is 129 Å². The molecule has 0 aliphatic carbocycles. The summed E-state index contributed by atoms with van der Waals surface area (Å²) in [6.45, 7) is 3.08. The zero-order valence-electron chi connectivity index (χ0n) is 12.0. The lowest BCUT2D eigenvalue weighted by molar-refractivity contribution is 0.166. The highest BCUT2D eigenvalue weighted by Crippen LogP contribution is 2.29. The van der Waals surface area contributed by atoms with Crippen LogP contribution < -0.4 is 5.32 Å². The molecule has 0 amide bonds. The molecular formula is C16H21N3OS. The smallest absolute Gasteiger partial charge is 0.183 e. The Balaban J connectivity index is 1.62. The number of aliphatic hydroxyl groups excluding tert-OH is 1. The van der Waals surface area contributed by atoms with E-state index in [1.54, 1.807) is 11.3 Å². The molecule has 112 valence electrons. The van der Waals surface area contributed by atoms with Gasteiger partial charge in [-0.3, -0.25) is 4.90 Å². The molecule has 0 unspecified atom stereocenters. The van der Waals surface area contributed by atoms with Gasteiger partial charge in [0, 0.05) is 25.3 Å². The maximum absolute atomic E-state index is 9.05. The second-order valence-electron chi connectivity index (χ2n) is 5.40. The summed E-state index contributed by atoms with van der Waals surface area (Å²) in [5.41, 5.74) is 1.22. The molecular weight excluding hydrogens is 282 g/mol. The maximum atomic E-state index is 9.05. The Hall–Kier alpha value is -1.43. The molecule has 1 fully saturated rings. The van der Waals surface area contributed by atoms with Crippen LogP contribution in [0.4, 0.5) is 5.13 Å². The van der Waals surface area contributed by atoms with Gasteiger partial charge in [-0.1, -0.05) is 41.7 Å². The third-order valence-electron chi connectivity index (χ3n) is 3.81. The molecule has 1 aromatic carbocycles. The van der Waals surface area contributed by atoms with Crippen LogP contribution in [0.1, 0.15) is 12.8 Å². The molecule has 5 heteroatoms. The topological polar surface area (TPSA) is 48.4 Å². The van der Waals surface area contributed by atoms with Gasteiger partial charge in [0.1, 0.15) is 0 Å². The monoisotopic (exact) mass is 303 g/mol. The highest BCUT2D eigenvalue weighted by atomic mass is 32.1. The first kappa shape index (κ1) is 14.5. The van der Waals surface area contributed by atoms with Crippen molar-refractivity contribution >= 4 is 16.5 Å². The number of hydrogen-bond donors (Lipinski definition) is 2. The van der Waals surface area contributed by atoms with Crippen LogP contribution in [0.5, 0.6) is 0 Å². The van der Waals surface area contributed by atoms with Crippen LogP contribution in [-0.2, 0) is 0 Å². The molecule has 1 saturated heterocycles. The lowest BCUT2D eigenvalue weighted by Crippen LogP contribution is -2.43. The Morgan fingerprint density at radius 1 is 1.33 bits per heavy atom. The van der Waals surface area contributed by atoms with E-state index in [2.05, 4.69) is 39.5 Å². The molecule has 4 nitrogen and oxygen atoms in total. The number of aromatic nitrogens is 1. The number of nitrogens with one attached hydrogen (secondary N) is 1. The summed E-state index contributed by atoms with van der Waals surface area (Å²) in [6, 6.07) is 10.8. The number of β-amino-alcohol motifs (C(OH)–C–C–N with tert-alkyl or cyclic N) is 1. The van der Waals surface area contributed by atoms with Crippen molar-refractivity contribution in [1.82, 2.24) is 9.88 Å². The highest BCUT2D eigenvalue weighted by Gasteiger charge is 2.20. The van der Waals surface area contributed by atoms with Crippen molar-refractivity contribution in [3.05, 3.63) is 36.5 Å². The van der Waals surface area contributed by atoms with E-state index in [0.29, 0.717) is 6.04 Å². The Bertz CT molecular complexity index is 556. The van der Waals surface area contributed by atoms with Gasteiger partial charge in [0.05, 0.1) is 11.5 Å². The van der Waals surface area contributed by atoms with Crippen LogP contribution in [0.25, 0.3) is 10.4 Å². The number of thiazole rings is 1. The van der Waals surface area contributed by atoms with Crippen molar-refractivity contribution < 1.29 is 5.11 Å². The number of rotatable bonds is 5. The molecule has 2 N–H and O–H groups in total. The van der Waals surface area contributed by atoms with Gasteiger partial charge in [-0.25, -0.2) is 4.98 Å². The van der Waals surface area contributed by atoms with Crippen LogP contribution >= 0.6 is 11.3 Å². The largest absolute Gasteiger partial charge is 0.395 e. The molecule has 0 radical (unpaired) electrons. The van der Waals surface area contributed by atoms with E-state index in [-0.39, 0.29) is 6.61 Å². The summed E-state index contributed by atoms with van der Waals surface area (Å²) >= 11 is 1.70. The molecule has 0 saturated carbocycles. The predicted molar refractivity (Wildman–Crippen MR) is 87.7 cm³/mol. The molecule has 0 spiro atoms. The van der Waals surface area contributed by atoms with E-state index in [1.807, 2.05) is 12.3 Å². The van der Waals surface area contributed by atoms with E-state index >= 15 is 0 Å². The molecule has 21 heavy (non-hydrogen) atoms. The molecule has 1 aromatic heterocycles. The first-order valence-corrected chi connectivity index (χ1v) is 8.28. The fourth-order valence-electron chi connectivity index (χ4n) is 2.77. The fourth-order valence-corrected chi connectivity index (χ4v) is 3.67. The van der Waals surface area contributed by atoms with E-state index in [9.17, 15) is 0 Å². The van der Waals surface area contributed by atoms with Gasteiger partial charge in [-0.05, 0) is 24.9 Å². The fraction of sp³-hybridized carbons (Fsp3) is 0.438. The average Bonchev–Trinajstić information content (AvgIpc) is 2.97. The summed E-state index contributed by atoms with van der Waals surface area (Å²) in [5, 5.41) is 13.6. The minimum absolute atomic E-state index is 0.238. The van der Waals surface area contributed by atoms with Gasteiger partial charge >= 0.3 is 0 Å². The number of nitrogens with zero attached hydrogens (tertiary/aromatic N) is 2. The number of piperidine rings is 1. The van der Waals surface area contributed by atoms with Crippen molar-refractivity contribution in [1.29, 1.82) is 0 Å². The number of benzene rings is 1. The predicted octanol–water partition coefficient (Wildman–Crippen LogP) is 2.68. The highest BCUT2D eigenvalue weighted by molar-refractivity contribution is 7.18. The lowest BCUT2D eigenvalue weighted by Gasteiger charge is -2.32. The summed E-state index contributed by atoms with van der Waals surface area (Å²) < 4.78 is 0. The van der Waals surface area contributed by atoms with Crippen LogP contribution in [0.15, 0.2) is 36.5 Å². The lowest BCUT2D eigenvalue weighted by atomic mass is 10.1. The number of aliphatic hydroxyl groups is 1. The van der Waals surface area contributed by atoms with Gasteiger partial charge < -0.3 is 10.4 Å². The minimum atomic E-state index is 0.238. The van der Waals surface area contributed by atoms with E-state index in [1.165, 1.54) is 23.3 Å². The van der Waals surface area contributed by atoms with Crippen molar-refractivity contribution in [3.63, 3.8) is 0 Å². The van der Waals surface area contributed by atoms with Crippen LogP contribution in [0, 0.1) is 0 Å². The molecule has 1 aliphatic rings. The van der Waals surface area contributed by atoms with Gasteiger partial charge in [0.15, 0.2) is 5.13 Å². The first-order valence-electron chi connectivity index (χ1n) is 7.46. The van der Waals surface area contributed by atoms with E-state index in [0.717, 1.165) is 24.8 Å². The summed E-state index contributed by atoms with van der Waals surface area (Å²) in [7, 11) is 0. The van der Waals surface area contributed by atoms with Crippen molar-refractivity contribution in [2.45, 2.75) is 18.9 Å².